The smallest absolute Gasteiger partial charge is 0.306 e. The van der Waals surface area contributed by atoms with Crippen LogP contribution in [0.3, 0.4) is 0 Å². The first-order valence-corrected chi connectivity index (χ1v) is 32.4. The maximum Gasteiger partial charge on any atom is 0.306 e. The van der Waals surface area contributed by atoms with Gasteiger partial charge >= 0.3 is 17.9 Å². The third-order valence-electron chi connectivity index (χ3n) is 14.2. The zero-order chi connectivity index (χ0) is 54.3. The van der Waals surface area contributed by atoms with Crippen LogP contribution in [0.15, 0.2) is 72.9 Å². The number of rotatable bonds is 59. The van der Waals surface area contributed by atoms with Crippen molar-refractivity contribution in [3.05, 3.63) is 72.9 Å². The van der Waals surface area contributed by atoms with Crippen LogP contribution in [0.2, 0.25) is 0 Å². The second-order valence-corrected chi connectivity index (χ2v) is 21.6. The van der Waals surface area contributed by atoms with Crippen molar-refractivity contribution in [1.29, 1.82) is 0 Å². The Morgan fingerprint density at radius 2 is 0.520 bits per heavy atom. The van der Waals surface area contributed by atoms with Gasteiger partial charge in [-0.15, -0.1) is 0 Å². The Balaban J connectivity index is 4.13. The molecule has 0 aliphatic heterocycles. The fourth-order valence-corrected chi connectivity index (χ4v) is 9.31. The summed E-state index contributed by atoms with van der Waals surface area (Å²) < 4.78 is 16.9. The minimum atomic E-state index is -0.780. The molecule has 0 spiro atoms. The highest BCUT2D eigenvalue weighted by molar-refractivity contribution is 5.71. The molecule has 0 amide bonds. The van der Waals surface area contributed by atoms with Crippen LogP contribution in [0.1, 0.15) is 329 Å². The summed E-state index contributed by atoms with van der Waals surface area (Å²) in [5, 5.41) is 0. The largest absolute Gasteiger partial charge is 0.462 e. The SMILES string of the molecule is CC/C=C\C/C=C\C/C=C\C/C=C\CCCCCCCCCCCCCCCCCCCCC(=O)OCC(COC(=O)CCCCCCC/C=C\CCCCCC)OC(=O)CCCCCCC/C=C\CCCCCC. The number of ether oxygens (including phenoxy) is 3. The first-order valence-electron chi connectivity index (χ1n) is 32.4. The Bertz CT molecular complexity index is 1390. The van der Waals surface area contributed by atoms with Crippen molar-refractivity contribution in [1.82, 2.24) is 0 Å². The number of carbonyl (C=O) groups excluding carboxylic acids is 3. The predicted octanol–water partition coefficient (Wildman–Crippen LogP) is 22.1. The van der Waals surface area contributed by atoms with Gasteiger partial charge in [0, 0.05) is 19.3 Å². The summed E-state index contributed by atoms with van der Waals surface area (Å²) in [5.41, 5.74) is 0. The van der Waals surface area contributed by atoms with E-state index in [0.717, 1.165) is 103 Å². The van der Waals surface area contributed by atoms with Gasteiger partial charge < -0.3 is 14.2 Å². The van der Waals surface area contributed by atoms with Crippen LogP contribution in [-0.2, 0) is 28.6 Å². The molecular weight excluding hydrogens is 925 g/mol. The van der Waals surface area contributed by atoms with E-state index in [2.05, 4.69) is 93.7 Å². The van der Waals surface area contributed by atoms with Crippen LogP contribution in [0, 0.1) is 0 Å². The zero-order valence-corrected chi connectivity index (χ0v) is 49.8. The van der Waals surface area contributed by atoms with Crippen molar-refractivity contribution in [3.8, 4) is 0 Å². The summed E-state index contributed by atoms with van der Waals surface area (Å²) in [4.78, 5) is 38.2. The molecule has 0 fully saturated rings. The van der Waals surface area contributed by atoms with E-state index in [4.69, 9.17) is 14.2 Å². The van der Waals surface area contributed by atoms with Crippen molar-refractivity contribution in [2.45, 2.75) is 335 Å². The fraction of sp³-hybridized carbons (Fsp3) is 0.783. The lowest BCUT2D eigenvalue weighted by atomic mass is 10.0. The summed E-state index contributed by atoms with van der Waals surface area (Å²) in [7, 11) is 0. The zero-order valence-electron chi connectivity index (χ0n) is 49.8. The third kappa shape index (κ3) is 61.6. The number of hydrogen-bond donors (Lipinski definition) is 0. The maximum absolute atomic E-state index is 12.9. The number of unbranched alkanes of at least 4 members (excludes halogenated alkanes) is 36. The molecule has 0 N–H and O–H groups in total. The van der Waals surface area contributed by atoms with E-state index in [-0.39, 0.29) is 31.1 Å². The Labute approximate surface area is 465 Å². The normalized spacial score (nSPS) is 12.5. The summed E-state index contributed by atoms with van der Waals surface area (Å²) in [5.74, 6) is -0.881. The van der Waals surface area contributed by atoms with Crippen molar-refractivity contribution in [2.24, 2.45) is 0 Å². The van der Waals surface area contributed by atoms with Crippen molar-refractivity contribution >= 4 is 17.9 Å². The lowest BCUT2D eigenvalue weighted by Gasteiger charge is -2.18. The number of hydrogen-bond acceptors (Lipinski definition) is 6. The quantitative estimate of drug-likeness (QED) is 0.0261. The molecular formula is C69H122O6. The minimum Gasteiger partial charge on any atom is -0.462 e. The van der Waals surface area contributed by atoms with Gasteiger partial charge in [-0.1, -0.05) is 273 Å². The van der Waals surface area contributed by atoms with E-state index in [1.165, 1.54) is 186 Å². The average Bonchev–Trinajstić information content (AvgIpc) is 3.41. The summed E-state index contributed by atoms with van der Waals surface area (Å²) in [6, 6.07) is 0. The second kappa shape index (κ2) is 63.4. The first-order chi connectivity index (χ1) is 37.0. The molecule has 6 heteroatoms. The van der Waals surface area contributed by atoms with Gasteiger partial charge in [-0.25, -0.2) is 0 Å². The topological polar surface area (TPSA) is 78.9 Å². The van der Waals surface area contributed by atoms with Crippen LogP contribution in [-0.4, -0.2) is 37.2 Å². The third-order valence-corrected chi connectivity index (χ3v) is 14.2. The molecule has 0 heterocycles. The van der Waals surface area contributed by atoms with Gasteiger partial charge in [-0.2, -0.15) is 0 Å². The Kier molecular flexibility index (Phi) is 60.7. The van der Waals surface area contributed by atoms with Crippen molar-refractivity contribution in [3.63, 3.8) is 0 Å². The number of carbonyl (C=O) groups is 3. The summed E-state index contributed by atoms with van der Waals surface area (Å²) in [6.45, 7) is 6.51. The van der Waals surface area contributed by atoms with Gasteiger partial charge in [-0.3, -0.25) is 14.4 Å². The highest BCUT2D eigenvalue weighted by Crippen LogP contribution is 2.17. The fourth-order valence-electron chi connectivity index (χ4n) is 9.31. The van der Waals surface area contributed by atoms with E-state index in [0.29, 0.717) is 19.3 Å². The van der Waals surface area contributed by atoms with E-state index in [9.17, 15) is 14.4 Å². The molecule has 434 valence electrons. The Hall–Kier alpha value is -3.15. The van der Waals surface area contributed by atoms with Crippen molar-refractivity contribution < 1.29 is 28.6 Å². The minimum absolute atomic E-state index is 0.0776. The molecule has 1 unspecified atom stereocenters. The van der Waals surface area contributed by atoms with E-state index in [1.807, 2.05) is 0 Å². The maximum atomic E-state index is 12.9. The molecule has 0 aliphatic carbocycles. The highest BCUT2D eigenvalue weighted by Gasteiger charge is 2.19. The molecule has 0 aliphatic rings. The van der Waals surface area contributed by atoms with Crippen LogP contribution in [0.25, 0.3) is 0 Å². The molecule has 0 rings (SSSR count). The lowest BCUT2D eigenvalue weighted by Crippen LogP contribution is -2.30. The van der Waals surface area contributed by atoms with E-state index in [1.54, 1.807) is 0 Å². The second-order valence-electron chi connectivity index (χ2n) is 21.6. The van der Waals surface area contributed by atoms with Crippen LogP contribution >= 0.6 is 0 Å². The van der Waals surface area contributed by atoms with E-state index >= 15 is 0 Å². The van der Waals surface area contributed by atoms with Crippen molar-refractivity contribution in [2.75, 3.05) is 13.2 Å². The Morgan fingerprint density at radius 3 is 0.827 bits per heavy atom. The van der Waals surface area contributed by atoms with Gasteiger partial charge in [0.1, 0.15) is 13.2 Å². The average molecular weight is 1050 g/mol. The van der Waals surface area contributed by atoms with Gasteiger partial charge in [0.25, 0.3) is 0 Å². The molecule has 75 heavy (non-hydrogen) atoms. The van der Waals surface area contributed by atoms with Crippen LogP contribution in [0.5, 0.6) is 0 Å². The van der Waals surface area contributed by atoms with Gasteiger partial charge in [-0.05, 0) is 109 Å². The van der Waals surface area contributed by atoms with Gasteiger partial charge in [0.15, 0.2) is 6.10 Å². The summed E-state index contributed by atoms with van der Waals surface area (Å²) in [6.07, 6.45) is 82.1. The number of allylic oxidation sites excluding steroid dienone is 12. The molecule has 0 saturated carbocycles. The molecule has 0 radical (unpaired) electrons. The Morgan fingerprint density at radius 1 is 0.280 bits per heavy atom. The monoisotopic (exact) mass is 1050 g/mol. The number of esters is 3. The molecule has 0 aromatic rings. The molecule has 0 aromatic heterocycles. The molecule has 0 aromatic carbocycles. The molecule has 6 nitrogen and oxygen atoms in total. The van der Waals surface area contributed by atoms with Crippen LogP contribution < -0.4 is 0 Å². The summed E-state index contributed by atoms with van der Waals surface area (Å²) >= 11 is 0. The van der Waals surface area contributed by atoms with Gasteiger partial charge in [0.2, 0.25) is 0 Å². The van der Waals surface area contributed by atoms with E-state index < -0.39 is 6.10 Å². The van der Waals surface area contributed by atoms with Crippen LogP contribution in [0.4, 0.5) is 0 Å². The lowest BCUT2D eigenvalue weighted by molar-refractivity contribution is -0.167. The molecule has 0 bridgehead atoms. The van der Waals surface area contributed by atoms with Gasteiger partial charge in [0.05, 0.1) is 0 Å². The molecule has 1 atom stereocenters. The molecule has 0 saturated heterocycles. The first kappa shape index (κ1) is 71.8. The highest BCUT2D eigenvalue weighted by atomic mass is 16.6. The standard InChI is InChI=1S/C69H122O6/c1-4-7-10-13-16-19-22-25-26-27-28-29-30-31-32-33-34-35-36-37-38-39-40-41-42-45-47-50-53-56-59-62-68(71)74-65-66(75-69(72)63-60-57-54-51-48-44-24-21-18-15-12-9-6-3)64-73-67(70)61-58-55-52-49-46-43-23-20-17-14-11-8-5-2/h7,10,16,19-21,23-26,28-29,66H,4-6,8-9,11-15,17-18,22,27,30-65H2,1-3H3/b10-7-,19-16-,23-20-,24-21-,26-25-,29-28-. The predicted molar refractivity (Wildman–Crippen MR) is 325 cm³/mol.